The molecule has 0 bridgehead atoms. The topological polar surface area (TPSA) is 93.1 Å². The number of ketones is 1. The van der Waals surface area contributed by atoms with Gasteiger partial charge in [-0.15, -0.1) is 0 Å². The van der Waals surface area contributed by atoms with E-state index in [2.05, 4.69) is 16.0 Å². The van der Waals surface area contributed by atoms with Crippen molar-refractivity contribution in [1.29, 1.82) is 0 Å². The number of nitrogens with zero attached hydrogens (tertiary/aromatic N) is 2. The Balaban J connectivity index is 1.73. The highest BCUT2D eigenvalue weighted by atomic mass is 19.1. The monoisotopic (exact) mass is 346 g/mol. The van der Waals surface area contributed by atoms with Gasteiger partial charge in [0.1, 0.15) is 12.4 Å². The van der Waals surface area contributed by atoms with Crippen LogP contribution >= 0.6 is 0 Å². The van der Waals surface area contributed by atoms with E-state index in [1.165, 1.54) is 28.9 Å². The quantitative estimate of drug-likeness (QED) is 0.611. The predicted octanol–water partition coefficient (Wildman–Crippen LogP) is 1.45. The van der Waals surface area contributed by atoms with Gasteiger partial charge in [0.25, 0.3) is 5.91 Å². The molecule has 0 radical (unpaired) electrons. The number of halogens is 1. The molecule has 2 rings (SSSR count). The minimum Gasteiger partial charge on any atom is -0.294 e. The SMILES string of the molecule is Cc1cc(C)n(CC(=O)NNC(=O)CCC(=O)c2ccc(F)cc2)n1. The number of hydrogen-bond acceptors (Lipinski definition) is 4. The van der Waals surface area contributed by atoms with Gasteiger partial charge in [-0.05, 0) is 44.2 Å². The number of aromatic nitrogens is 2. The van der Waals surface area contributed by atoms with E-state index in [0.29, 0.717) is 5.56 Å². The first kappa shape index (κ1) is 18.3. The Kier molecular flexibility index (Phi) is 5.99. The average Bonchev–Trinajstić information content (AvgIpc) is 2.88. The fourth-order valence-electron chi connectivity index (χ4n) is 2.22. The van der Waals surface area contributed by atoms with E-state index < -0.39 is 17.6 Å². The highest BCUT2D eigenvalue weighted by Crippen LogP contribution is 2.07. The summed E-state index contributed by atoms with van der Waals surface area (Å²) in [5.74, 6) is -1.62. The highest BCUT2D eigenvalue weighted by Gasteiger charge is 2.11. The Hall–Kier alpha value is -3.03. The lowest BCUT2D eigenvalue weighted by Crippen LogP contribution is -2.43. The van der Waals surface area contributed by atoms with E-state index in [4.69, 9.17) is 0 Å². The second-order valence-electron chi connectivity index (χ2n) is 5.61. The first-order chi connectivity index (χ1) is 11.8. The van der Waals surface area contributed by atoms with Crippen LogP contribution in [-0.2, 0) is 16.1 Å². The molecule has 0 spiro atoms. The maximum Gasteiger partial charge on any atom is 0.260 e. The molecule has 7 nitrogen and oxygen atoms in total. The predicted molar refractivity (Wildman–Crippen MR) is 88.0 cm³/mol. The molecular formula is C17H19FN4O3. The van der Waals surface area contributed by atoms with Gasteiger partial charge in [-0.25, -0.2) is 4.39 Å². The summed E-state index contributed by atoms with van der Waals surface area (Å²) < 4.78 is 14.3. The van der Waals surface area contributed by atoms with Crippen molar-refractivity contribution in [2.75, 3.05) is 0 Å². The smallest absolute Gasteiger partial charge is 0.260 e. The number of rotatable bonds is 6. The summed E-state index contributed by atoms with van der Waals surface area (Å²) in [5.41, 5.74) is 6.50. The van der Waals surface area contributed by atoms with Gasteiger partial charge in [0, 0.05) is 24.1 Å². The molecule has 1 heterocycles. The van der Waals surface area contributed by atoms with Crippen LogP contribution in [-0.4, -0.2) is 27.4 Å². The van der Waals surface area contributed by atoms with Gasteiger partial charge in [-0.1, -0.05) is 0 Å². The van der Waals surface area contributed by atoms with Gasteiger partial charge < -0.3 is 0 Å². The molecule has 2 N–H and O–H groups in total. The number of benzene rings is 1. The van der Waals surface area contributed by atoms with Crippen molar-refractivity contribution in [2.24, 2.45) is 0 Å². The number of nitrogens with one attached hydrogen (secondary N) is 2. The van der Waals surface area contributed by atoms with Crippen LogP contribution in [0.3, 0.4) is 0 Å². The van der Waals surface area contributed by atoms with Crippen molar-refractivity contribution >= 4 is 17.6 Å². The van der Waals surface area contributed by atoms with Gasteiger partial charge in [0.2, 0.25) is 5.91 Å². The molecule has 1 aromatic carbocycles. The highest BCUT2D eigenvalue weighted by molar-refractivity contribution is 5.98. The molecule has 0 aliphatic rings. The first-order valence-corrected chi connectivity index (χ1v) is 7.72. The van der Waals surface area contributed by atoms with Gasteiger partial charge in [0.15, 0.2) is 5.78 Å². The number of Topliss-reactive ketones (excluding diaryl/α,β-unsaturated/α-hetero) is 1. The Morgan fingerprint density at radius 2 is 1.68 bits per heavy atom. The van der Waals surface area contributed by atoms with E-state index >= 15 is 0 Å². The number of hydrogen-bond donors (Lipinski definition) is 2. The molecule has 132 valence electrons. The Labute approximate surface area is 144 Å². The number of aryl methyl sites for hydroxylation is 2. The number of hydrazine groups is 1. The van der Waals surface area contributed by atoms with Crippen LogP contribution in [0, 0.1) is 19.7 Å². The maximum atomic E-state index is 12.8. The summed E-state index contributed by atoms with van der Waals surface area (Å²) >= 11 is 0. The Bertz CT molecular complexity index is 784. The molecule has 0 saturated heterocycles. The van der Waals surface area contributed by atoms with E-state index in [-0.39, 0.29) is 25.2 Å². The molecule has 0 fully saturated rings. The first-order valence-electron chi connectivity index (χ1n) is 7.72. The summed E-state index contributed by atoms with van der Waals surface area (Å²) in [6.07, 6.45) is -0.124. The lowest BCUT2D eigenvalue weighted by molar-refractivity contribution is -0.129. The molecule has 2 aromatic rings. The molecule has 25 heavy (non-hydrogen) atoms. The standard InChI is InChI=1S/C17H19FN4O3/c1-11-9-12(2)22(21-11)10-17(25)20-19-16(24)8-7-15(23)13-3-5-14(18)6-4-13/h3-6,9H,7-8,10H2,1-2H3,(H,19,24)(H,20,25). The molecule has 0 atom stereocenters. The van der Waals surface area contributed by atoms with Gasteiger partial charge >= 0.3 is 0 Å². The fraction of sp³-hybridized carbons (Fsp3) is 0.294. The van der Waals surface area contributed by atoms with Crippen molar-refractivity contribution in [3.63, 3.8) is 0 Å². The lowest BCUT2D eigenvalue weighted by atomic mass is 10.1. The maximum absolute atomic E-state index is 12.8. The van der Waals surface area contributed by atoms with E-state index in [1.807, 2.05) is 19.9 Å². The summed E-state index contributed by atoms with van der Waals surface area (Å²) in [4.78, 5) is 35.4. The minimum atomic E-state index is -0.489. The normalized spacial score (nSPS) is 10.4. The Morgan fingerprint density at radius 1 is 1.04 bits per heavy atom. The van der Waals surface area contributed by atoms with Crippen LogP contribution in [0.15, 0.2) is 30.3 Å². The number of carbonyl (C=O) groups excluding carboxylic acids is 3. The van der Waals surface area contributed by atoms with Crippen LogP contribution in [0.25, 0.3) is 0 Å². The third-order valence-corrected chi connectivity index (χ3v) is 3.48. The second-order valence-corrected chi connectivity index (χ2v) is 5.61. The Morgan fingerprint density at radius 3 is 2.28 bits per heavy atom. The molecule has 0 aliphatic carbocycles. The average molecular weight is 346 g/mol. The molecule has 2 amide bonds. The van der Waals surface area contributed by atoms with Crippen LogP contribution in [0.1, 0.15) is 34.6 Å². The summed E-state index contributed by atoms with van der Waals surface area (Å²) in [6, 6.07) is 6.95. The van der Waals surface area contributed by atoms with Crippen LogP contribution in [0.4, 0.5) is 4.39 Å². The van der Waals surface area contributed by atoms with E-state index in [9.17, 15) is 18.8 Å². The molecule has 8 heteroatoms. The molecular weight excluding hydrogens is 327 g/mol. The number of carbonyl (C=O) groups is 3. The zero-order valence-corrected chi connectivity index (χ0v) is 14.0. The van der Waals surface area contributed by atoms with Crippen molar-refractivity contribution in [1.82, 2.24) is 20.6 Å². The van der Waals surface area contributed by atoms with Gasteiger partial charge in [0.05, 0.1) is 5.69 Å². The molecule has 0 aliphatic heterocycles. The third kappa shape index (κ3) is 5.52. The van der Waals surface area contributed by atoms with Crippen molar-refractivity contribution in [2.45, 2.75) is 33.2 Å². The van der Waals surface area contributed by atoms with E-state index in [0.717, 1.165) is 11.4 Å². The second kappa shape index (κ2) is 8.18. The van der Waals surface area contributed by atoms with Crippen molar-refractivity contribution < 1.29 is 18.8 Å². The molecule has 0 saturated carbocycles. The van der Waals surface area contributed by atoms with Crippen molar-refractivity contribution in [3.8, 4) is 0 Å². The van der Waals surface area contributed by atoms with Gasteiger partial charge in [-0.3, -0.25) is 29.9 Å². The molecule has 1 aromatic heterocycles. The summed E-state index contributed by atoms with van der Waals surface area (Å²) in [7, 11) is 0. The van der Waals surface area contributed by atoms with Crippen LogP contribution in [0.5, 0.6) is 0 Å². The lowest BCUT2D eigenvalue weighted by Gasteiger charge is -2.08. The zero-order chi connectivity index (χ0) is 18.4. The van der Waals surface area contributed by atoms with Crippen molar-refractivity contribution in [3.05, 3.63) is 53.1 Å². The summed E-state index contributed by atoms with van der Waals surface area (Å²) in [5, 5.41) is 4.15. The summed E-state index contributed by atoms with van der Waals surface area (Å²) in [6.45, 7) is 3.63. The van der Waals surface area contributed by atoms with Gasteiger partial charge in [-0.2, -0.15) is 5.10 Å². The third-order valence-electron chi connectivity index (χ3n) is 3.48. The van der Waals surface area contributed by atoms with Crippen LogP contribution in [0.2, 0.25) is 0 Å². The fourth-order valence-corrected chi connectivity index (χ4v) is 2.22. The molecule has 0 unspecified atom stereocenters. The zero-order valence-electron chi connectivity index (χ0n) is 14.0. The largest absolute Gasteiger partial charge is 0.294 e. The number of amides is 2. The van der Waals surface area contributed by atoms with E-state index in [1.54, 1.807) is 0 Å². The van der Waals surface area contributed by atoms with Crippen LogP contribution < -0.4 is 10.9 Å². The minimum absolute atomic E-state index is 0.0194.